The van der Waals surface area contributed by atoms with E-state index in [0.717, 1.165) is 19.4 Å². The first-order chi connectivity index (χ1) is 10.9. The molecule has 1 heterocycles. The van der Waals surface area contributed by atoms with Gasteiger partial charge in [0.15, 0.2) is 0 Å². The van der Waals surface area contributed by atoms with Gasteiger partial charge in [0, 0.05) is 13.7 Å². The molecule has 1 aliphatic rings. The quantitative estimate of drug-likeness (QED) is 0.686. The maximum Gasteiger partial charge on any atom is 0.337 e. The first kappa shape index (κ1) is 20.9. The van der Waals surface area contributed by atoms with Crippen molar-refractivity contribution in [2.24, 2.45) is 0 Å². The number of sulfonamides is 1. The zero-order valence-corrected chi connectivity index (χ0v) is 15.3. The highest BCUT2D eigenvalue weighted by molar-refractivity contribution is 7.89. The van der Waals surface area contributed by atoms with Crippen molar-refractivity contribution in [3.8, 4) is 0 Å². The summed E-state index contributed by atoms with van der Waals surface area (Å²) in [5, 5.41) is 3.31. The number of carbonyl (C=O) groups excluding carboxylic acids is 1. The van der Waals surface area contributed by atoms with Gasteiger partial charge in [0.05, 0.1) is 29.7 Å². The number of ether oxygens (including phenoxy) is 2. The fourth-order valence-electron chi connectivity index (χ4n) is 2.69. The van der Waals surface area contributed by atoms with Crippen LogP contribution >= 0.6 is 12.4 Å². The largest absolute Gasteiger partial charge is 0.465 e. The lowest BCUT2D eigenvalue weighted by Crippen LogP contribution is -2.52. The summed E-state index contributed by atoms with van der Waals surface area (Å²) in [6.45, 7) is 1.49. The molecule has 0 aromatic heterocycles. The van der Waals surface area contributed by atoms with Crippen molar-refractivity contribution in [2.75, 3.05) is 33.9 Å². The lowest BCUT2D eigenvalue weighted by atomic mass is 9.99. The third kappa shape index (κ3) is 4.90. The molecule has 1 unspecified atom stereocenters. The van der Waals surface area contributed by atoms with Crippen LogP contribution in [0.1, 0.15) is 23.2 Å². The molecule has 9 heteroatoms. The second-order valence-corrected chi connectivity index (χ2v) is 7.35. The zero-order chi connectivity index (χ0) is 16.9. The molecule has 1 aliphatic heterocycles. The van der Waals surface area contributed by atoms with Gasteiger partial charge < -0.3 is 14.8 Å². The molecule has 0 aliphatic carbocycles. The highest BCUT2D eigenvalue weighted by atomic mass is 35.5. The maximum atomic E-state index is 12.5. The minimum atomic E-state index is -3.72. The minimum Gasteiger partial charge on any atom is -0.465 e. The van der Waals surface area contributed by atoms with Crippen LogP contribution < -0.4 is 10.0 Å². The van der Waals surface area contributed by atoms with Gasteiger partial charge in [0.1, 0.15) is 0 Å². The molecule has 2 N–H and O–H groups in total. The number of halogens is 1. The van der Waals surface area contributed by atoms with Gasteiger partial charge in [-0.1, -0.05) is 6.07 Å². The van der Waals surface area contributed by atoms with Gasteiger partial charge in [-0.25, -0.2) is 17.9 Å². The average Bonchev–Trinajstić information content (AvgIpc) is 3.02. The Kier molecular flexibility index (Phi) is 7.62. The summed E-state index contributed by atoms with van der Waals surface area (Å²) in [6.07, 6.45) is 1.81. The van der Waals surface area contributed by atoms with Gasteiger partial charge in [-0.15, -0.1) is 12.4 Å². The molecule has 0 spiro atoms. The number of methoxy groups -OCH3 is 2. The average molecular weight is 379 g/mol. The second-order valence-electron chi connectivity index (χ2n) is 5.59. The summed E-state index contributed by atoms with van der Waals surface area (Å²) in [7, 11) is -0.876. The van der Waals surface area contributed by atoms with E-state index in [2.05, 4.69) is 14.8 Å². The van der Waals surface area contributed by atoms with Gasteiger partial charge in [0.25, 0.3) is 0 Å². The van der Waals surface area contributed by atoms with E-state index in [1.165, 1.54) is 31.4 Å². The van der Waals surface area contributed by atoms with Crippen LogP contribution in [0.3, 0.4) is 0 Å². The summed E-state index contributed by atoms with van der Waals surface area (Å²) < 4.78 is 37.4. The van der Waals surface area contributed by atoms with E-state index >= 15 is 0 Å². The summed E-state index contributed by atoms with van der Waals surface area (Å²) >= 11 is 0. The number of nitrogens with one attached hydrogen (secondary N) is 2. The van der Waals surface area contributed by atoms with E-state index in [-0.39, 0.29) is 34.9 Å². The molecule has 0 saturated carbocycles. The van der Waals surface area contributed by atoms with E-state index in [1.54, 1.807) is 7.11 Å². The van der Waals surface area contributed by atoms with Crippen LogP contribution in [0.2, 0.25) is 0 Å². The Balaban J connectivity index is 0.00000288. The molecule has 1 aromatic carbocycles. The SMILES string of the molecule is COCC1(CNS(=O)(=O)c2cccc(C(=O)OC)c2)CCCN1.Cl. The standard InChI is InChI=1S/C15H22N2O5S.ClH/c1-21-11-15(7-4-8-16-15)10-17-23(19,20)13-6-3-5-12(9-13)14(18)22-2;/h3,5-6,9,16-17H,4,7-8,10-11H2,1-2H3;1H. The van der Waals surface area contributed by atoms with Crippen molar-refractivity contribution in [1.82, 2.24) is 10.0 Å². The molecule has 7 nitrogen and oxygen atoms in total. The number of benzene rings is 1. The molecular formula is C15H23ClN2O5S. The van der Waals surface area contributed by atoms with Crippen LogP contribution in [-0.2, 0) is 19.5 Å². The van der Waals surface area contributed by atoms with Crippen LogP contribution in [-0.4, -0.2) is 53.8 Å². The highest BCUT2D eigenvalue weighted by Gasteiger charge is 2.34. The predicted octanol–water partition coefficient (Wildman–Crippen LogP) is 0.942. The molecule has 0 amide bonds. The van der Waals surface area contributed by atoms with Crippen LogP contribution in [0.4, 0.5) is 0 Å². The zero-order valence-electron chi connectivity index (χ0n) is 13.7. The number of hydrogen-bond donors (Lipinski definition) is 2. The Morgan fingerprint density at radius 1 is 1.38 bits per heavy atom. The summed E-state index contributed by atoms with van der Waals surface area (Å²) in [5.41, 5.74) is -0.192. The van der Waals surface area contributed by atoms with Crippen LogP contribution in [0.25, 0.3) is 0 Å². The third-order valence-electron chi connectivity index (χ3n) is 3.92. The van der Waals surface area contributed by atoms with Gasteiger partial charge in [-0.2, -0.15) is 0 Å². The molecule has 1 saturated heterocycles. The third-order valence-corrected chi connectivity index (χ3v) is 5.32. The number of esters is 1. The smallest absolute Gasteiger partial charge is 0.337 e. The van der Waals surface area contributed by atoms with Crippen molar-refractivity contribution in [3.05, 3.63) is 29.8 Å². The molecular weight excluding hydrogens is 356 g/mol. The fourth-order valence-corrected chi connectivity index (χ4v) is 3.87. The van der Waals surface area contributed by atoms with Crippen molar-refractivity contribution >= 4 is 28.4 Å². The topological polar surface area (TPSA) is 93.7 Å². The first-order valence-corrected chi connectivity index (χ1v) is 8.83. The lowest BCUT2D eigenvalue weighted by molar-refractivity contribution is 0.0600. The molecule has 1 fully saturated rings. The monoisotopic (exact) mass is 378 g/mol. The van der Waals surface area contributed by atoms with Crippen molar-refractivity contribution in [3.63, 3.8) is 0 Å². The Bertz CT molecular complexity index is 660. The number of carbonyl (C=O) groups is 1. The molecule has 136 valence electrons. The predicted molar refractivity (Wildman–Crippen MR) is 92.1 cm³/mol. The molecule has 1 aromatic rings. The highest BCUT2D eigenvalue weighted by Crippen LogP contribution is 2.20. The van der Waals surface area contributed by atoms with Crippen molar-refractivity contribution in [2.45, 2.75) is 23.3 Å². The Morgan fingerprint density at radius 3 is 2.71 bits per heavy atom. The second kappa shape index (κ2) is 8.77. The van der Waals surface area contributed by atoms with E-state index in [4.69, 9.17) is 4.74 Å². The van der Waals surface area contributed by atoms with E-state index < -0.39 is 16.0 Å². The lowest BCUT2D eigenvalue weighted by Gasteiger charge is -2.28. The van der Waals surface area contributed by atoms with Gasteiger partial charge >= 0.3 is 5.97 Å². The van der Waals surface area contributed by atoms with Gasteiger partial charge in [-0.05, 0) is 37.6 Å². The normalized spacial score (nSPS) is 20.4. The van der Waals surface area contributed by atoms with Crippen LogP contribution in [0.15, 0.2) is 29.2 Å². The van der Waals surface area contributed by atoms with Crippen LogP contribution in [0.5, 0.6) is 0 Å². The number of hydrogen-bond acceptors (Lipinski definition) is 6. The van der Waals surface area contributed by atoms with Crippen LogP contribution in [0, 0.1) is 0 Å². The Labute approximate surface area is 148 Å². The molecule has 1 atom stereocenters. The number of rotatable bonds is 7. The van der Waals surface area contributed by atoms with Crippen molar-refractivity contribution in [1.29, 1.82) is 0 Å². The van der Waals surface area contributed by atoms with E-state index in [1.807, 2.05) is 0 Å². The van der Waals surface area contributed by atoms with Crippen molar-refractivity contribution < 1.29 is 22.7 Å². The van der Waals surface area contributed by atoms with E-state index in [9.17, 15) is 13.2 Å². The molecule has 0 radical (unpaired) electrons. The Morgan fingerprint density at radius 2 is 2.12 bits per heavy atom. The maximum absolute atomic E-state index is 12.5. The Hall–Kier alpha value is -1.19. The minimum absolute atomic E-state index is 0. The summed E-state index contributed by atoms with van der Waals surface area (Å²) in [6, 6.07) is 5.77. The summed E-state index contributed by atoms with van der Waals surface area (Å²) in [5.74, 6) is -0.574. The molecule has 24 heavy (non-hydrogen) atoms. The summed E-state index contributed by atoms with van der Waals surface area (Å²) in [4.78, 5) is 11.6. The first-order valence-electron chi connectivity index (χ1n) is 7.34. The fraction of sp³-hybridized carbons (Fsp3) is 0.533. The van der Waals surface area contributed by atoms with E-state index in [0.29, 0.717) is 6.61 Å². The molecule has 2 rings (SSSR count). The van der Waals surface area contributed by atoms with Gasteiger partial charge in [-0.3, -0.25) is 0 Å². The van der Waals surface area contributed by atoms with Gasteiger partial charge in [0.2, 0.25) is 10.0 Å². The molecule has 0 bridgehead atoms.